The largest absolute Gasteiger partial charge is 0.481 e. The van der Waals surface area contributed by atoms with Gasteiger partial charge in [0.1, 0.15) is 0 Å². The molecule has 4 rings (SSSR count). The highest BCUT2D eigenvalue weighted by Crippen LogP contribution is 2.27. The number of aromatic nitrogens is 3. The van der Waals surface area contributed by atoms with Gasteiger partial charge in [0.25, 0.3) is 0 Å². The number of pyridine rings is 1. The van der Waals surface area contributed by atoms with E-state index in [9.17, 15) is 4.79 Å². The summed E-state index contributed by atoms with van der Waals surface area (Å²) in [5.41, 5.74) is 4.84. The molecule has 0 aliphatic rings. The van der Waals surface area contributed by atoms with Crippen molar-refractivity contribution in [3.63, 3.8) is 0 Å². The second-order valence-corrected chi connectivity index (χ2v) is 5.51. The summed E-state index contributed by atoms with van der Waals surface area (Å²) in [6, 6.07) is 15.3. The molecule has 0 saturated carbocycles. The van der Waals surface area contributed by atoms with Crippen LogP contribution in [0.3, 0.4) is 0 Å². The molecular formula is C18H14N4O2. The minimum absolute atomic E-state index is 0.112. The number of nitrogens with zero attached hydrogens (tertiary/aromatic N) is 2. The number of fused-ring (bicyclic) bond motifs is 2. The smallest absolute Gasteiger partial charge is 0.309 e. The highest BCUT2D eigenvalue weighted by atomic mass is 16.4. The third-order valence-corrected chi connectivity index (χ3v) is 3.80. The summed E-state index contributed by atoms with van der Waals surface area (Å²) in [6.45, 7) is 0. The maximum absolute atomic E-state index is 11.0. The zero-order valence-electron chi connectivity index (χ0n) is 12.7. The van der Waals surface area contributed by atoms with Crippen LogP contribution in [0.1, 0.15) is 5.69 Å². The van der Waals surface area contributed by atoms with Gasteiger partial charge in [-0.25, -0.2) is 4.98 Å². The van der Waals surface area contributed by atoms with Gasteiger partial charge in [0.15, 0.2) is 0 Å². The van der Waals surface area contributed by atoms with Crippen molar-refractivity contribution >= 4 is 39.3 Å². The lowest BCUT2D eigenvalue weighted by Gasteiger charge is -2.11. The zero-order valence-corrected chi connectivity index (χ0v) is 12.7. The Hall–Kier alpha value is -3.41. The Bertz CT molecular complexity index is 1060. The van der Waals surface area contributed by atoms with Crippen molar-refractivity contribution in [1.82, 2.24) is 15.0 Å². The van der Waals surface area contributed by atoms with Crippen LogP contribution >= 0.6 is 0 Å². The molecule has 2 aromatic carbocycles. The Balaban J connectivity index is 1.79. The molecule has 0 atom stereocenters. The fraction of sp³-hybridized carbons (Fsp3) is 0.0556. The zero-order chi connectivity index (χ0) is 16.5. The van der Waals surface area contributed by atoms with E-state index in [0.717, 1.165) is 33.3 Å². The van der Waals surface area contributed by atoms with Crippen molar-refractivity contribution < 1.29 is 9.90 Å². The SMILES string of the molecule is O=C(O)Cc1cc(Nc2ccc3nc[nH]c3c2)c2ccccc2n1. The molecule has 4 aromatic rings. The third-order valence-electron chi connectivity index (χ3n) is 3.80. The second-order valence-electron chi connectivity index (χ2n) is 5.51. The van der Waals surface area contributed by atoms with E-state index in [1.54, 1.807) is 12.4 Å². The molecule has 0 radical (unpaired) electrons. The van der Waals surface area contributed by atoms with Crippen molar-refractivity contribution in [1.29, 1.82) is 0 Å². The van der Waals surface area contributed by atoms with Gasteiger partial charge in [-0.3, -0.25) is 9.78 Å². The summed E-state index contributed by atoms with van der Waals surface area (Å²) >= 11 is 0. The van der Waals surface area contributed by atoms with Gasteiger partial charge in [-0.2, -0.15) is 0 Å². The minimum atomic E-state index is -0.900. The number of rotatable bonds is 4. The summed E-state index contributed by atoms with van der Waals surface area (Å²) in [7, 11) is 0. The van der Waals surface area contributed by atoms with Gasteiger partial charge in [0, 0.05) is 16.8 Å². The van der Waals surface area contributed by atoms with Gasteiger partial charge in [-0.1, -0.05) is 18.2 Å². The molecule has 0 bridgehead atoms. The average Bonchev–Trinajstić information content (AvgIpc) is 3.02. The van der Waals surface area contributed by atoms with Gasteiger partial charge in [0.2, 0.25) is 0 Å². The van der Waals surface area contributed by atoms with Crippen molar-refractivity contribution in [3.05, 3.63) is 60.6 Å². The van der Waals surface area contributed by atoms with Crippen LogP contribution in [-0.2, 0) is 11.2 Å². The predicted molar refractivity (Wildman–Crippen MR) is 92.5 cm³/mol. The molecule has 24 heavy (non-hydrogen) atoms. The summed E-state index contributed by atoms with van der Waals surface area (Å²) in [5, 5.41) is 13.3. The molecule has 0 aliphatic carbocycles. The lowest BCUT2D eigenvalue weighted by atomic mass is 10.1. The van der Waals surface area contributed by atoms with Gasteiger partial charge in [-0.15, -0.1) is 0 Å². The molecule has 0 amide bonds. The molecule has 3 N–H and O–H groups in total. The quantitative estimate of drug-likeness (QED) is 0.536. The van der Waals surface area contributed by atoms with Crippen molar-refractivity contribution in [2.24, 2.45) is 0 Å². The molecule has 2 heterocycles. The molecule has 6 heteroatoms. The third kappa shape index (κ3) is 2.65. The van der Waals surface area contributed by atoms with Crippen LogP contribution in [0.25, 0.3) is 21.9 Å². The summed E-state index contributed by atoms with van der Waals surface area (Å²) in [5.74, 6) is -0.900. The van der Waals surface area contributed by atoms with E-state index in [2.05, 4.69) is 20.3 Å². The number of benzene rings is 2. The van der Waals surface area contributed by atoms with Crippen molar-refractivity contribution in [3.8, 4) is 0 Å². The number of H-pyrrole nitrogens is 1. The van der Waals surface area contributed by atoms with Crippen LogP contribution in [0, 0.1) is 0 Å². The summed E-state index contributed by atoms with van der Waals surface area (Å²) in [6.07, 6.45) is 1.54. The van der Waals surface area contributed by atoms with Crippen LogP contribution < -0.4 is 5.32 Å². The standard InChI is InChI=1S/C18H14N4O2/c23-18(24)9-12-8-16(13-3-1-2-4-14(13)22-12)21-11-5-6-15-17(7-11)20-10-19-15/h1-8,10H,9H2,(H,19,20)(H,21,22)(H,23,24). The summed E-state index contributed by atoms with van der Waals surface area (Å²) in [4.78, 5) is 22.7. The van der Waals surface area contributed by atoms with E-state index in [0.29, 0.717) is 5.69 Å². The maximum Gasteiger partial charge on any atom is 0.309 e. The number of para-hydroxylation sites is 1. The first-order valence-electron chi connectivity index (χ1n) is 7.50. The Morgan fingerprint density at radius 1 is 1.12 bits per heavy atom. The topological polar surface area (TPSA) is 90.9 Å². The van der Waals surface area contributed by atoms with E-state index in [1.807, 2.05) is 42.5 Å². The van der Waals surface area contributed by atoms with E-state index in [1.165, 1.54) is 0 Å². The average molecular weight is 318 g/mol. The second kappa shape index (κ2) is 5.66. The van der Waals surface area contributed by atoms with Crippen molar-refractivity contribution in [2.75, 3.05) is 5.32 Å². The minimum Gasteiger partial charge on any atom is -0.481 e. The first kappa shape index (κ1) is 14.2. The number of carboxylic acid groups (broad SMARTS) is 1. The number of carbonyl (C=O) groups is 1. The molecule has 6 nitrogen and oxygen atoms in total. The maximum atomic E-state index is 11.0. The number of anilines is 2. The van der Waals surface area contributed by atoms with Crippen LogP contribution in [0.15, 0.2) is 54.9 Å². The van der Waals surface area contributed by atoms with Gasteiger partial charge in [-0.05, 0) is 30.3 Å². The van der Waals surface area contributed by atoms with Gasteiger partial charge < -0.3 is 15.4 Å². The summed E-state index contributed by atoms with van der Waals surface area (Å²) < 4.78 is 0. The first-order chi connectivity index (χ1) is 11.7. The molecular weight excluding hydrogens is 304 g/mol. The highest BCUT2D eigenvalue weighted by molar-refractivity contribution is 5.94. The molecule has 0 spiro atoms. The Kier molecular flexibility index (Phi) is 3.35. The number of hydrogen-bond donors (Lipinski definition) is 3. The van der Waals surface area contributed by atoms with E-state index < -0.39 is 5.97 Å². The Morgan fingerprint density at radius 2 is 2.00 bits per heavy atom. The highest BCUT2D eigenvalue weighted by Gasteiger charge is 2.09. The van der Waals surface area contributed by atoms with Gasteiger partial charge in [0.05, 0.1) is 35.0 Å². The van der Waals surface area contributed by atoms with E-state index >= 15 is 0 Å². The lowest BCUT2D eigenvalue weighted by molar-refractivity contribution is -0.136. The van der Waals surface area contributed by atoms with Crippen LogP contribution in [-0.4, -0.2) is 26.0 Å². The van der Waals surface area contributed by atoms with E-state index in [4.69, 9.17) is 5.11 Å². The van der Waals surface area contributed by atoms with Crippen molar-refractivity contribution in [2.45, 2.75) is 6.42 Å². The Morgan fingerprint density at radius 3 is 2.88 bits per heavy atom. The number of imidazole rings is 1. The first-order valence-corrected chi connectivity index (χ1v) is 7.50. The molecule has 0 unspecified atom stereocenters. The number of aromatic amines is 1. The fourth-order valence-electron chi connectivity index (χ4n) is 2.75. The molecule has 2 aromatic heterocycles. The van der Waals surface area contributed by atoms with E-state index in [-0.39, 0.29) is 6.42 Å². The normalized spacial score (nSPS) is 11.0. The number of nitrogens with one attached hydrogen (secondary N) is 2. The number of hydrogen-bond acceptors (Lipinski definition) is 4. The molecule has 118 valence electrons. The van der Waals surface area contributed by atoms with Gasteiger partial charge >= 0.3 is 5.97 Å². The molecule has 0 saturated heterocycles. The van der Waals surface area contributed by atoms with Crippen LogP contribution in [0.4, 0.5) is 11.4 Å². The molecule has 0 fully saturated rings. The lowest BCUT2D eigenvalue weighted by Crippen LogP contribution is -2.04. The molecule has 0 aliphatic heterocycles. The van der Waals surface area contributed by atoms with Crippen LogP contribution in [0.5, 0.6) is 0 Å². The fourth-order valence-corrected chi connectivity index (χ4v) is 2.75. The Labute approximate surface area is 137 Å². The van der Waals surface area contributed by atoms with Crippen LogP contribution in [0.2, 0.25) is 0 Å². The predicted octanol–water partition coefficient (Wildman–Crippen LogP) is 3.48. The monoisotopic (exact) mass is 318 g/mol. The number of aliphatic carboxylic acids is 1. The number of carboxylic acids is 1.